The van der Waals surface area contributed by atoms with Crippen molar-refractivity contribution in [3.05, 3.63) is 59.2 Å². The molecule has 2 aliphatic heterocycles. The third-order valence-electron chi connectivity index (χ3n) is 5.84. The predicted octanol–water partition coefficient (Wildman–Crippen LogP) is 3.42. The molecule has 5 heteroatoms. The molecule has 0 saturated carbocycles. The second kappa shape index (κ2) is 6.29. The van der Waals surface area contributed by atoms with Crippen molar-refractivity contribution >= 4 is 5.57 Å². The molecule has 1 saturated heterocycles. The Morgan fingerprint density at radius 1 is 1.00 bits per heavy atom. The second-order valence-corrected chi connectivity index (χ2v) is 7.28. The molecule has 1 fully saturated rings. The molecule has 2 aromatic carbocycles. The summed E-state index contributed by atoms with van der Waals surface area (Å²) in [6.07, 6.45) is 2.37. The number of methoxy groups -OCH3 is 1. The molecule has 140 valence electrons. The van der Waals surface area contributed by atoms with Crippen LogP contribution in [0.15, 0.2) is 42.5 Å². The number of hydrogen-bond donors (Lipinski definition) is 0. The SMILES string of the molecule is COc1ccc(C2=CC(C)(N3CCOCC3)c3cc4c(cc32)OCO4)cc1. The van der Waals surface area contributed by atoms with Crippen LogP contribution < -0.4 is 14.2 Å². The van der Waals surface area contributed by atoms with Crippen LogP contribution in [0.5, 0.6) is 17.2 Å². The van der Waals surface area contributed by atoms with E-state index in [0.717, 1.165) is 43.6 Å². The molecule has 0 N–H and O–H groups in total. The van der Waals surface area contributed by atoms with E-state index < -0.39 is 0 Å². The van der Waals surface area contributed by atoms with Crippen molar-refractivity contribution < 1.29 is 18.9 Å². The lowest BCUT2D eigenvalue weighted by Crippen LogP contribution is -2.48. The zero-order valence-corrected chi connectivity index (χ0v) is 15.7. The van der Waals surface area contributed by atoms with Crippen molar-refractivity contribution in [3.8, 4) is 17.2 Å². The normalized spacial score (nSPS) is 23.9. The maximum atomic E-state index is 5.67. The fraction of sp³-hybridized carbons (Fsp3) is 0.364. The maximum Gasteiger partial charge on any atom is 0.231 e. The van der Waals surface area contributed by atoms with Gasteiger partial charge in [0.2, 0.25) is 6.79 Å². The standard InChI is InChI=1S/C22H23NO4/c1-22(23-7-9-25-10-8-23)13-18(15-3-5-16(24-2)6-4-15)17-11-20-21(12-19(17)22)27-14-26-20/h3-6,11-13H,7-10,14H2,1-2H3. The van der Waals surface area contributed by atoms with E-state index in [0.29, 0.717) is 0 Å². The summed E-state index contributed by atoms with van der Waals surface area (Å²) in [6.45, 7) is 5.93. The highest BCUT2D eigenvalue weighted by atomic mass is 16.7. The summed E-state index contributed by atoms with van der Waals surface area (Å²) in [5, 5.41) is 0. The number of morpholine rings is 1. The Balaban J connectivity index is 1.65. The van der Waals surface area contributed by atoms with Crippen LogP contribution in [0.4, 0.5) is 0 Å². The zero-order valence-electron chi connectivity index (χ0n) is 15.7. The summed E-state index contributed by atoms with van der Waals surface area (Å²) in [5.41, 5.74) is 4.67. The van der Waals surface area contributed by atoms with Crippen molar-refractivity contribution in [2.75, 3.05) is 40.2 Å². The Morgan fingerprint density at radius 2 is 1.70 bits per heavy atom. The van der Waals surface area contributed by atoms with Gasteiger partial charge in [0.1, 0.15) is 5.75 Å². The quantitative estimate of drug-likeness (QED) is 0.834. The predicted molar refractivity (Wildman–Crippen MR) is 102 cm³/mol. The molecule has 27 heavy (non-hydrogen) atoms. The molecule has 2 aromatic rings. The summed E-state index contributed by atoms with van der Waals surface area (Å²) < 4.78 is 22.2. The van der Waals surface area contributed by atoms with Crippen LogP contribution in [0.2, 0.25) is 0 Å². The first kappa shape index (κ1) is 16.7. The van der Waals surface area contributed by atoms with E-state index in [1.54, 1.807) is 7.11 Å². The highest BCUT2D eigenvalue weighted by Gasteiger charge is 2.41. The highest BCUT2D eigenvalue weighted by molar-refractivity contribution is 5.88. The van der Waals surface area contributed by atoms with Crippen molar-refractivity contribution in [1.29, 1.82) is 0 Å². The van der Waals surface area contributed by atoms with E-state index in [2.05, 4.69) is 42.2 Å². The second-order valence-electron chi connectivity index (χ2n) is 7.28. The third-order valence-corrected chi connectivity index (χ3v) is 5.84. The minimum Gasteiger partial charge on any atom is -0.497 e. The Bertz CT molecular complexity index is 899. The van der Waals surface area contributed by atoms with E-state index in [4.69, 9.17) is 18.9 Å². The van der Waals surface area contributed by atoms with Gasteiger partial charge >= 0.3 is 0 Å². The highest BCUT2D eigenvalue weighted by Crippen LogP contribution is 2.50. The van der Waals surface area contributed by atoms with Crippen LogP contribution in [0.3, 0.4) is 0 Å². The van der Waals surface area contributed by atoms with Crippen LogP contribution in [-0.2, 0) is 10.3 Å². The van der Waals surface area contributed by atoms with Gasteiger partial charge in [-0.05, 0) is 53.5 Å². The first-order valence-electron chi connectivity index (χ1n) is 9.33. The Morgan fingerprint density at radius 3 is 2.41 bits per heavy atom. The van der Waals surface area contributed by atoms with E-state index in [1.807, 2.05) is 12.1 Å². The van der Waals surface area contributed by atoms with Gasteiger partial charge in [-0.25, -0.2) is 0 Å². The van der Waals surface area contributed by atoms with Crippen LogP contribution in [0.1, 0.15) is 23.6 Å². The zero-order chi connectivity index (χ0) is 18.4. The van der Waals surface area contributed by atoms with Gasteiger partial charge in [0.15, 0.2) is 11.5 Å². The number of ether oxygens (including phenoxy) is 4. The summed E-state index contributed by atoms with van der Waals surface area (Å²) in [6, 6.07) is 12.5. The topological polar surface area (TPSA) is 40.2 Å². The molecular formula is C22H23NO4. The first-order valence-corrected chi connectivity index (χ1v) is 9.33. The fourth-order valence-corrected chi connectivity index (χ4v) is 4.32. The van der Waals surface area contributed by atoms with Gasteiger partial charge in [-0.15, -0.1) is 0 Å². The number of nitrogens with zero attached hydrogens (tertiary/aromatic N) is 1. The minimum atomic E-state index is -0.199. The molecule has 0 amide bonds. The first-order chi connectivity index (χ1) is 13.2. The Hall–Kier alpha value is -2.50. The summed E-state index contributed by atoms with van der Waals surface area (Å²) >= 11 is 0. The van der Waals surface area contributed by atoms with Crippen LogP contribution in [-0.4, -0.2) is 45.1 Å². The van der Waals surface area contributed by atoms with Crippen LogP contribution in [0, 0.1) is 0 Å². The smallest absolute Gasteiger partial charge is 0.231 e. The molecule has 1 aliphatic carbocycles. The molecule has 1 unspecified atom stereocenters. The number of hydrogen-bond acceptors (Lipinski definition) is 5. The summed E-state index contributed by atoms with van der Waals surface area (Å²) in [5.74, 6) is 2.51. The molecule has 0 bridgehead atoms. The van der Waals surface area contributed by atoms with E-state index in [1.165, 1.54) is 22.3 Å². The van der Waals surface area contributed by atoms with Crippen LogP contribution in [0.25, 0.3) is 5.57 Å². The molecule has 0 aromatic heterocycles. The van der Waals surface area contributed by atoms with Gasteiger partial charge in [0, 0.05) is 13.1 Å². The molecular weight excluding hydrogens is 342 g/mol. The van der Waals surface area contributed by atoms with Gasteiger partial charge in [-0.2, -0.15) is 0 Å². The fourth-order valence-electron chi connectivity index (χ4n) is 4.32. The molecule has 3 aliphatic rings. The Labute approximate surface area is 159 Å². The van der Waals surface area contributed by atoms with Crippen molar-refractivity contribution in [2.24, 2.45) is 0 Å². The lowest BCUT2D eigenvalue weighted by Gasteiger charge is -2.40. The van der Waals surface area contributed by atoms with Gasteiger partial charge in [0.25, 0.3) is 0 Å². The molecule has 1 atom stereocenters. The number of rotatable bonds is 3. The van der Waals surface area contributed by atoms with Crippen molar-refractivity contribution in [1.82, 2.24) is 4.90 Å². The number of benzene rings is 2. The van der Waals surface area contributed by atoms with E-state index in [-0.39, 0.29) is 12.3 Å². The molecule has 5 rings (SSSR count). The van der Waals surface area contributed by atoms with Crippen molar-refractivity contribution in [3.63, 3.8) is 0 Å². The van der Waals surface area contributed by atoms with Crippen molar-refractivity contribution in [2.45, 2.75) is 12.5 Å². The molecule has 5 nitrogen and oxygen atoms in total. The molecule has 2 heterocycles. The van der Waals surface area contributed by atoms with E-state index in [9.17, 15) is 0 Å². The van der Waals surface area contributed by atoms with Gasteiger partial charge in [-0.1, -0.05) is 18.2 Å². The van der Waals surface area contributed by atoms with Gasteiger partial charge in [-0.3, -0.25) is 4.90 Å². The largest absolute Gasteiger partial charge is 0.497 e. The van der Waals surface area contributed by atoms with Gasteiger partial charge < -0.3 is 18.9 Å². The Kier molecular flexibility index (Phi) is 3.88. The molecule has 0 spiro atoms. The summed E-state index contributed by atoms with van der Waals surface area (Å²) in [4.78, 5) is 2.49. The van der Waals surface area contributed by atoms with E-state index >= 15 is 0 Å². The molecule has 0 radical (unpaired) electrons. The lowest BCUT2D eigenvalue weighted by atomic mass is 9.91. The number of fused-ring (bicyclic) bond motifs is 2. The summed E-state index contributed by atoms with van der Waals surface area (Å²) in [7, 11) is 1.69. The monoisotopic (exact) mass is 365 g/mol. The maximum absolute atomic E-state index is 5.67. The van der Waals surface area contributed by atoms with Crippen LogP contribution >= 0.6 is 0 Å². The lowest BCUT2D eigenvalue weighted by molar-refractivity contribution is -0.00109. The minimum absolute atomic E-state index is 0.199. The van der Waals surface area contributed by atoms with Gasteiger partial charge in [0.05, 0.1) is 25.9 Å². The third kappa shape index (κ3) is 2.61. The average molecular weight is 365 g/mol. The average Bonchev–Trinajstić information content (AvgIpc) is 3.30.